The number of aliphatic hydroxyl groups is 1. The van der Waals surface area contributed by atoms with Crippen LogP contribution >= 0.6 is 23.4 Å². The van der Waals surface area contributed by atoms with Gasteiger partial charge in [-0.25, -0.2) is 0 Å². The molecule has 0 aliphatic carbocycles. The normalized spacial score (nSPS) is 24.4. The zero-order valence-electron chi connectivity index (χ0n) is 9.70. The van der Waals surface area contributed by atoms with Crippen molar-refractivity contribution in [2.75, 3.05) is 18.6 Å². The highest BCUT2D eigenvalue weighted by atomic mass is 35.5. The van der Waals surface area contributed by atoms with E-state index in [1.807, 2.05) is 20.0 Å². The zero-order valence-corrected chi connectivity index (χ0v) is 11.3. The Morgan fingerprint density at radius 2 is 2.19 bits per heavy atom. The lowest BCUT2D eigenvalue weighted by molar-refractivity contribution is 0.282. The van der Waals surface area contributed by atoms with Crippen molar-refractivity contribution >= 4 is 29.1 Å². The second-order valence-electron chi connectivity index (χ2n) is 4.28. The highest BCUT2D eigenvalue weighted by Crippen LogP contribution is 2.45. The fraction of sp³-hybridized carbons (Fsp3) is 0.500. The zero-order chi connectivity index (χ0) is 11.9. The third kappa shape index (κ3) is 1.92. The van der Waals surface area contributed by atoms with Crippen LogP contribution < -0.4 is 4.90 Å². The van der Waals surface area contributed by atoms with E-state index >= 15 is 0 Å². The summed E-state index contributed by atoms with van der Waals surface area (Å²) in [5.74, 6) is 0. The smallest absolute Gasteiger partial charge is 0.0694 e. The molecule has 1 N–H and O–H groups in total. The molecule has 0 aromatic heterocycles. The van der Waals surface area contributed by atoms with Crippen molar-refractivity contribution in [3.05, 3.63) is 22.7 Å². The largest absolute Gasteiger partial charge is 0.395 e. The maximum absolute atomic E-state index is 9.36. The van der Waals surface area contributed by atoms with E-state index in [4.69, 9.17) is 11.6 Å². The van der Waals surface area contributed by atoms with Gasteiger partial charge in [0, 0.05) is 18.0 Å². The average molecular weight is 258 g/mol. The molecule has 4 heteroatoms. The maximum Gasteiger partial charge on any atom is 0.0694 e. The molecule has 1 aromatic carbocycles. The van der Waals surface area contributed by atoms with E-state index in [-0.39, 0.29) is 11.9 Å². The number of hydrogen-bond donors (Lipinski definition) is 1. The molecular formula is C12H16ClNOS. The van der Waals surface area contributed by atoms with Gasteiger partial charge in [0.1, 0.15) is 0 Å². The van der Waals surface area contributed by atoms with Gasteiger partial charge >= 0.3 is 0 Å². The summed E-state index contributed by atoms with van der Waals surface area (Å²) < 4.78 is 0. The number of aryl methyl sites for hydroxylation is 1. The molecule has 2 unspecified atom stereocenters. The van der Waals surface area contributed by atoms with Crippen LogP contribution in [0.4, 0.5) is 5.69 Å². The van der Waals surface area contributed by atoms with Gasteiger partial charge in [-0.15, -0.1) is 11.8 Å². The van der Waals surface area contributed by atoms with Crippen molar-refractivity contribution < 1.29 is 5.11 Å². The summed E-state index contributed by atoms with van der Waals surface area (Å²) in [4.78, 5) is 3.33. The van der Waals surface area contributed by atoms with Gasteiger partial charge in [-0.3, -0.25) is 0 Å². The van der Waals surface area contributed by atoms with Crippen LogP contribution in [-0.2, 0) is 0 Å². The fourth-order valence-electron chi connectivity index (χ4n) is 2.04. The van der Waals surface area contributed by atoms with Gasteiger partial charge in [-0.05, 0) is 31.5 Å². The monoisotopic (exact) mass is 257 g/mol. The van der Waals surface area contributed by atoms with Crippen LogP contribution in [0.1, 0.15) is 12.5 Å². The van der Waals surface area contributed by atoms with Gasteiger partial charge in [0.25, 0.3) is 0 Å². The summed E-state index contributed by atoms with van der Waals surface area (Å²) in [6.45, 7) is 4.35. The standard InChI is InChI=1S/C12H16ClNOS/c1-7-4-9(13)12-10(5-7)16-11(6-15)8(2)14(12)3/h4-5,8,11,15H,6H2,1-3H3. The van der Waals surface area contributed by atoms with Gasteiger partial charge in [-0.1, -0.05) is 11.6 Å². The molecule has 0 saturated heterocycles. The molecule has 2 nitrogen and oxygen atoms in total. The summed E-state index contributed by atoms with van der Waals surface area (Å²) in [6, 6.07) is 4.42. The molecule has 88 valence electrons. The minimum atomic E-state index is 0.196. The topological polar surface area (TPSA) is 23.5 Å². The Morgan fingerprint density at radius 1 is 1.50 bits per heavy atom. The number of hydrogen-bond acceptors (Lipinski definition) is 3. The SMILES string of the molecule is Cc1cc(Cl)c2c(c1)SC(CO)C(C)N2C. The predicted molar refractivity (Wildman–Crippen MR) is 70.8 cm³/mol. The van der Waals surface area contributed by atoms with Gasteiger partial charge in [0.05, 0.1) is 22.6 Å². The molecule has 1 aliphatic heterocycles. The summed E-state index contributed by atoms with van der Waals surface area (Å²) in [5, 5.41) is 10.4. The minimum absolute atomic E-state index is 0.196. The molecule has 1 aromatic rings. The Labute approximate surface area is 106 Å². The number of halogens is 1. The number of benzene rings is 1. The number of fused-ring (bicyclic) bond motifs is 1. The third-order valence-electron chi connectivity index (χ3n) is 3.13. The number of aliphatic hydroxyl groups excluding tert-OH is 1. The van der Waals surface area contributed by atoms with E-state index in [9.17, 15) is 5.11 Å². The molecule has 2 atom stereocenters. The highest BCUT2D eigenvalue weighted by Gasteiger charge is 2.30. The van der Waals surface area contributed by atoms with Crippen molar-refractivity contribution in [2.45, 2.75) is 30.0 Å². The highest BCUT2D eigenvalue weighted by molar-refractivity contribution is 8.00. The Kier molecular flexibility index (Phi) is 3.38. The second kappa shape index (κ2) is 4.47. The Morgan fingerprint density at radius 3 is 2.81 bits per heavy atom. The number of anilines is 1. The molecular weight excluding hydrogens is 242 g/mol. The summed E-state index contributed by atoms with van der Waals surface area (Å²) >= 11 is 8.00. The van der Waals surface area contributed by atoms with Crippen molar-refractivity contribution in [3.8, 4) is 0 Å². The molecule has 2 rings (SSSR count). The lowest BCUT2D eigenvalue weighted by Crippen LogP contribution is -2.42. The van der Waals surface area contributed by atoms with E-state index in [1.165, 1.54) is 4.90 Å². The maximum atomic E-state index is 9.36. The molecule has 0 radical (unpaired) electrons. The lowest BCUT2D eigenvalue weighted by Gasteiger charge is -2.39. The van der Waals surface area contributed by atoms with E-state index in [2.05, 4.69) is 17.9 Å². The number of nitrogens with zero attached hydrogens (tertiary/aromatic N) is 1. The number of rotatable bonds is 1. The summed E-state index contributed by atoms with van der Waals surface area (Å²) in [7, 11) is 2.03. The van der Waals surface area contributed by atoms with E-state index in [0.29, 0.717) is 6.04 Å². The molecule has 0 fully saturated rings. The first kappa shape index (κ1) is 12.1. The van der Waals surface area contributed by atoms with Crippen LogP contribution in [-0.4, -0.2) is 30.1 Å². The van der Waals surface area contributed by atoms with E-state index in [0.717, 1.165) is 16.3 Å². The predicted octanol–water partition coefficient (Wildman–Crippen LogP) is 2.94. The van der Waals surface area contributed by atoms with Gasteiger partial charge in [-0.2, -0.15) is 0 Å². The molecule has 16 heavy (non-hydrogen) atoms. The van der Waals surface area contributed by atoms with Crippen molar-refractivity contribution in [1.29, 1.82) is 0 Å². The molecule has 1 heterocycles. The van der Waals surface area contributed by atoms with Crippen LogP contribution in [0.5, 0.6) is 0 Å². The second-order valence-corrected chi connectivity index (χ2v) is 5.97. The van der Waals surface area contributed by atoms with E-state index < -0.39 is 0 Å². The first-order chi connectivity index (χ1) is 7.54. The summed E-state index contributed by atoms with van der Waals surface area (Å²) in [5.41, 5.74) is 2.25. The molecule has 1 aliphatic rings. The van der Waals surface area contributed by atoms with Crippen LogP contribution in [0.15, 0.2) is 17.0 Å². The third-order valence-corrected chi connectivity index (χ3v) is 4.83. The average Bonchev–Trinajstić information content (AvgIpc) is 2.22. The van der Waals surface area contributed by atoms with Gasteiger partial charge in [0.15, 0.2) is 0 Å². The molecule has 0 amide bonds. The van der Waals surface area contributed by atoms with Crippen LogP contribution in [0.2, 0.25) is 5.02 Å². The van der Waals surface area contributed by atoms with Crippen molar-refractivity contribution in [2.24, 2.45) is 0 Å². The Balaban J connectivity index is 2.50. The van der Waals surface area contributed by atoms with Crippen LogP contribution in [0.25, 0.3) is 0 Å². The first-order valence-corrected chi connectivity index (χ1v) is 6.61. The molecule has 0 bridgehead atoms. The Bertz CT molecular complexity index is 410. The number of thioether (sulfide) groups is 1. The minimum Gasteiger partial charge on any atom is -0.395 e. The van der Waals surface area contributed by atoms with Gasteiger partial charge in [0.2, 0.25) is 0 Å². The van der Waals surface area contributed by atoms with Crippen LogP contribution in [0, 0.1) is 6.92 Å². The van der Waals surface area contributed by atoms with E-state index in [1.54, 1.807) is 11.8 Å². The quantitative estimate of drug-likeness (QED) is 0.837. The Hall–Kier alpha value is -0.380. The van der Waals surface area contributed by atoms with Gasteiger partial charge < -0.3 is 10.0 Å². The van der Waals surface area contributed by atoms with Crippen molar-refractivity contribution in [3.63, 3.8) is 0 Å². The lowest BCUT2D eigenvalue weighted by atomic mass is 10.1. The summed E-state index contributed by atoms with van der Waals surface area (Å²) in [6.07, 6.45) is 0. The first-order valence-electron chi connectivity index (χ1n) is 5.35. The van der Waals surface area contributed by atoms with Crippen molar-refractivity contribution in [1.82, 2.24) is 0 Å². The molecule has 0 spiro atoms. The fourth-order valence-corrected chi connectivity index (χ4v) is 3.90. The molecule has 0 saturated carbocycles. The van der Waals surface area contributed by atoms with Crippen LogP contribution in [0.3, 0.4) is 0 Å².